The third-order valence-corrected chi connectivity index (χ3v) is 5.05. The van der Waals surface area contributed by atoms with Crippen molar-refractivity contribution in [1.29, 1.82) is 0 Å². The van der Waals surface area contributed by atoms with Crippen molar-refractivity contribution >= 4 is 23.0 Å². The van der Waals surface area contributed by atoms with E-state index < -0.39 is 0 Å². The predicted octanol–water partition coefficient (Wildman–Crippen LogP) is 3.17. The molecule has 0 N–H and O–H groups in total. The maximum Gasteiger partial charge on any atom is 0.258 e. The number of hydrogen-bond acceptors (Lipinski definition) is 3. The van der Waals surface area contributed by atoms with Crippen molar-refractivity contribution in [2.45, 2.75) is 12.8 Å². The summed E-state index contributed by atoms with van der Waals surface area (Å²) < 4.78 is 0. The molecular weight excluding hydrogens is 298 g/mol. The summed E-state index contributed by atoms with van der Waals surface area (Å²) in [5.41, 5.74) is 5.57. The normalized spacial score (nSPS) is 15.9. The average molecular weight is 321 g/mol. The van der Waals surface area contributed by atoms with E-state index in [1.807, 2.05) is 48.2 Å². The maximum absolute atomic E-state index is 13.1. The number of hydrogen-bond donors (Lipinski definition) is 0. The van der Waals surface area contributed by atoms with Crippen LogP contribution in [0.4, 0.5) is 17.1 Å². The SMILES string of the molecule is CN(C)c1ccc(C(=O)N2CCN3CCCc4cccc2c43)cc1. The van der Waals surface area contributed by atoms with Crippen molar-refractivity contribution in [3.63, 3.8) is 0 Å². The number of carbonyl (C=O) groups excluding carboxylic acids is 1. The Bertz CT molecular complexity index is 767. The van der Waals surface area contributed by atoms with Gasteiger partial charge in [0.2, 0.25) is 0 Å². The highest BCUT2D eigenvalue weighted by Gasteiger charge is 2.30. The van der Waals surface area contributed by atoms with Gasteiger partial charge < -0.3 is 14.7 Å². The molecule has 0 unspecified atom stereocenters. The lowest BCUT2D eigenvalue weighted by Gasteiger charge is -2.41. The minimum absolute atomic E-state index is 0.0962. The topological polar surface area (TPSA) is 26.8 Å². The Hall–Kier alpha value is -2.49. The van der Waals surface area contributed by atoms with Gasteiger partial charge in [-0.1, -0.05) is 12.1 Å². The van der Waals surface area contributed by atoms with Gasteiger partial charge in [-0.2, -0.15) is 0 Å². The highest BCUT2D eigenvalue weighted by atomic mass is 16.2. The number of para-hydroxylation sites is 1. The summed E-state index contributed by atoms with van der Waals surface area (Å²) in [5, 5.41) is 0. The van der Waals surface area contributed by atoms with Crippen LogP contribution in [0.2, 0.25) is 0 Å². The third kappa shape index (κ3) is 2.42. The number of nitrogens with zero attached hydrogens (tertiary/aromatic N) is 3. The molecule has 0 aromatic heterocycles. The molecule has 0 bridgehead atoms. The molecule has 0 fully saturated rings. The maximum atomic E-state index is 13.1. The van der Waals surface area contributed by atoms with Crippen LogP contribution in [-0.4, -0.2) is 39.6 Å². The van der Waals surface area contributed by atoms with Crippen LogP contribution in [0.25, 0.3) is 0 Å². The Morgan fingerprint density at radius 1 is 1.00 bits per heavy atom. The monoisotopic (exact) mass is 321 g/mol. The molecule has 0 spiro atoms. The zero-order valence-corrected chi connectivity index (χ0v) is 14.3. The summed E-state index contributed by atoms with van der Waals surface area (Å²) in [6, 6.07) is 14.2. The Morgan fingerprint density at radius 3 is 2.54 bits per heavy atom. The highest BCUT2D eigenvalue weighted by molar-refractivity contribution is 6.08. The zero-order valence-electron chi connectivity index (χ0n) is 14.3. The van der Waals surface area contributed by atoms with Crippen LogP contribution >= 0.6 is 0 Å². The molecule has 2 aliphatic rings. The smallest absolute Gasteiger partial charge is 0.258 e. The van der Waals surface area contributed by atoms with Gasteiger partial charge in [-0.3, -0.25) is 4.79 Å². The first kappa shape index (κ1) is 15.1. The molecule has 4 rings (SSSR count). The number of aryl methyl sites for hydroxylation is 1. The summed E-state index contributed by atoms with van der Waals surface area (Å²) in [6.45, 7) is 2.78. The summed E-state index contributed by atoms with van der Waals surface area (Å²) in [7, 11) is 4.01. The number of anilines is 3. The Balaban J connectivity index is 1.68. The van der Waals surface area contributed by atoms with Gasteiger partial charge in [-0.05, 0) is 48.7 Å². The molecule has 124 valence electrons. The largest absolute Gasteiger partial charge is 0.378 e. The second-order valence-electron chi connectivity index (χ2n) is 6.77. The van der Waals surface area contributed by atoms with E-state index in [1.165, 1.54) is 17.7 Å². The summed E-state index contributed by atoms with van der Waals surface area (Å²) in [5.74, 6) is 0.0962. The molecule has 2 aliphatic heterocycles. The lowest BCUT2D eigenvalue weighted by molar-refractivity contribution is 0.0986. The molecule has 1 amide bonds. The van der Waals surface area contributed by atoms with Crippen LogP contribution in [0, 0.1) is 0 Å². The van der Waals surface area contributed by atoms with Gasteiger partial charge in [0.05, 0.1) is 11.4 Å². The van der Waals surface area contributed by atoms with E-state index in [-0.39, 0.29) is 5.91 Å². The van der Waals surface area contributed by atoms with E-state index in [0.717, 1.165) is 43.0 Å². The summed E-state index contributed by atoms with van der Waals surface area (Å²) >= 11 is 0. The second-order valence-corrected chi connectivity index (χ2v) is 6.77. The van der Waals surface area contributed by atoms with Gasteiger partial charge >= 0.3 is 0 Å². The van der Waals surface area contributed by atoms with Gasteiger partial charge in [-0.15, -0.1) is 0 Å². The Labute approximate surface area is 143 Å². The number of amides is 1. The van der Waals surface area contributed by atoms with Gasteiger partial charge in [0.15, 0.2) is 0 Å². The lowest BCUT2D eigenvalue weighted by Crippen LogP contribution is -2.46. The van der Waals surface area contributed by atoms with Crippen molar-refractivity contribution < 1.29 is 4.79 Å². The predicted molar refractivity (Wildman–Crippen MR) is 99.4 cm³/mol. The first-order valence-corrected chi connectivity index (χ1v) is 8.61. The van der Waals surface area contributed by atoms with Crippen molar-refractivity contribution in [3.05, 3.63) is 53.6 Å². The van der Waals surface area contributed by atoms with Crippen LogP contribution < -0.4 is 14.7 Å². The molecular formula is C20H23N3O. The summed E-state index contributed by atoms with van der Waals surface area (Å²) in [4.78, 5) is 19.5. The van der Waals surface area contributed by atoms with Crippen LogP contribution in [0.3, 0.4) is 0 Å². The molecule has 4 heteroatoms. The summed E-state index contributed by atoms with van der Waals surface area (Å²) in [6.07, 6.45) is 2.32. The van der Waals surface area contributed by atoms with Crippen molar-refractivity contribution in [2.24, 2.45) is 0 Å². The van der Waals surface area contributed by atoms with E-state index in [1.54, 1.807) is 0 Å². The van der Waals surface area contributed by atoms with Crippen LogP contribution in [-0.2, 0) is 6.42 Å². The number of carbonyl (C=O) groups is 1. The van der Waals surface area contributed by atoms with E-state index in [0.29, 0.717) is 0 Å². The second kappa shape index (κ2) is 5.86. The van der Waals surface area contributed by atoms with E-state index >= 15 is 0 Å². The molecule has 24 heavy (non-hydrogen) atoms. The lowest BCUT2D eigenvalue weighted by atomic mass is 9.97. The fraction of sp³-hybridized carbons (Fsp3) is 0.350. The van der Waals surface area contributed by atoms with Gasteiger partial charge in [0.1, 0.15) is 0 Å². The van der Waals surface area contributed by atoms with Crippen molar-refractivity contribution in [2.75, 3.05) is 48.4 Å². The zero-order chi connectivity index (χ0) is 16.7. The van der Waals surface area contributed by atoms with Crippen LogP contribution in [0.1, 0.15) is 22.3 Å². The minimum atomic E-state index is 0.0962. The van der Waals surface area contributed by atoms with E-state index in [2.05, 4.69) is 23.1 Å². The average Bonchev–Trinajstić information content (AvgIpc) is 2.62. The molecule has 4 nitrogen and oxygen atoms in total. The Morgan fingerprint density at radius 2 is 1.79 bits per heavy atom. The highest BCUT2D eigenvalue weighted by Crippen LogP contribution is 2.39. The third-order valence-electron chi connectivity index (χ3n) is 5.05. The standard InChI is InChI=1S/C20H23N3O/c1-21(2)17-10-8-16(9-11-17)20(24)23-14-13-22-12-4-6-15-5-3-7-18(23)19(15)22/h3,5,7-11H,4,6,12-14H2,1-2H3. The molecule has 2 heterocycles. The number of rotatable bonds is 2. The quantitative estimate of drug-likeness (QED) is 0.850. The minimum Gasteiger partial charge on any atom is -0.378 e. The van der Waals surface area contributed by atoms with Crippen LogP contribution in [0.5, 0.6) is 0 Å². The molecule has 0 atom stereocenters. The molecule has 0 radical (unpaired) electrons. The van der Waals surface area contributed by atoms with E-state index in [4.69, 9.17) is 0 Å². The van der Waals surface area contributed by atoms with Gasteiger partial charge in [0.25, 0.3) is 5.91 Å². The van der Waals surface area contributed by atoms with Crippen molar-refractivity contribution in [3.8, 4) is 0 Å². The van der Waals surface area contributed by atoms with Gasteiger partial charge in [0, 0.05) is 45.0 Å². The molecule has 2 aromatic carbocycles. The first-order chi connectivity index (χ1) is 11.6. The first-order valence-electron chi connectivity index (χ1n) is 8.61. The molecule has 0 saturated heterocycles. The Kier molecular flexibility index (Phi) is 3.68. The van der Waals surface area contributed by atoms with E-state index in [9.17, 15) is 4.79 Å². The fourth-order valence-electron chi connectivity index (χ4n) is 3.77. The van der Waals surface area contributed by atoms with Crippen LogP contribution in [0.15, 0.2) is 42.5 Å². The molecule has 0 saturated carbocycles. The van der Waals surface area contributed by atoms with Gasteiger partial charge in [-0.25, -0.2) is 0 Å². The number of benzene rings is 2. The fourth-order valence-corrected chi connectivity index (χ4v) is 3.77. The van der Waals surface area contributed by atoms with Crippen molar-refractivity contribution in [1.82, 2.24) is 0 Å². The molecule has 0 aliphatic carbocycles. The molecule has 2 aromatic rings.